The van der Waals surface area contributed by atoms with Crippen LogP contribution in [0.4, 0.5) is 8.78 Å². The van der Waals surface area contributed by atoms with Gasteiger partial charge in [-0.15, -0.1) is 0 Å². The van der Waals surface area contributed by atoms with Gasteiger partial charge < -0.3 is 14.6 Å². The Balaban J connectivity index is 1.68. The number of para-hydroxylation sites is 1. The van der Waals surface area contributed by atoms with E-state index in [0.717, 1.165) is 5.56 Å². The summed E-state index contributed by atoms with van der Waals surface area (Å²) in [5.41, 5.74) is 1.16. The highest BCUT2D eigenvalue weighted by Crippen LogP contribution is 2.30. The van der Waals surface area contributed by atoms with Gasteiger partial charge in [-0.25, -0.2) is 8.78 Å². The van der Waals surface area contributed by atoms with E-state index in [0.29, 0.717) is 17.7 Å². The van der Waals surface area contributed by atoms with Crippen LogP contribution in [0.25, 0.3) is 0 Å². The summed E-state index contributed by atoms with van der Waals surface area (Å²) in [6, 6.07) is 8.72. The SMILES string of the molecule is OCc1cccc(F)c1OCC1Cc2cc(F)ccc2O1. The zero-order chi connectivity index (χ0) is 14.8. The first kappa shape index (κ1) is 13.8. The van der Waals surface area contributed by atoms with E-state index in [1.807, 2.05) is 0 Å². The molecule has 2 aromatic carbocycles. The lowest BCUT2D eigenvalue weighted by Crippen LogP contribution is -2.23. The van der Waals surface area contributed by atoms with Crippen molar-refractivity contribution in [3.63, 3.8) is 0 Å². The molecule has 110 valence electrons. The van der Waals surface area contributed by atoms with Gasteiger partial charge in [-0.1, -0.05) is 12.1 Å². The Labute approximate surface area is 120 Å². The number of benzene rings is 2. The average Bonchev–Trinajstić information content (AvgIpc) is 2.87. The van der Waals surface area contributed by atoms with E-state index in [1.165, 1.54) is 24.3 Å². The summed E-state index contributed by atoms with van der Waals surface area (Å²) in [6.45, 7) is -0.172. The third-order valence-corrected chi connectivity index (χ3v) is 3.40. The summed E-state index contributed by atoms with van der Waals surface area (Å²) in [7, 11) is 0. The first-order valence-electron chi connectivity index (χ1n) is 6.63. The number of ether oxygens (including phenoxy) is 2. The van der Waals surface area contributed by atoms with Gasteiger partial charge in [-0.05, 0) is 24.3 Å². The van der Waals surface area contributed by atoms with E-state index in [2.05, 4.69) is 0 Å². The second kappa shape index (κ2) is 5.69. The third kappa shape index (κ3) is 2.83. The Hall–Kier alpha value is -2.14. The number of aliphatic hydroxyl groups excluding tert-OH is 1. The second-order valence-electron chi connectivity index (χ2n) is 4.89. The topological polar surface area (TPSA) is 38.7 Å². The van der Waals surface area contributed by atoms with Crippen molar-refractivity contribution in [1.29, 1.82) is 0 Å². The van der Waals surface area contributed by atoms with Gasteiger partial charge in [0.15, 0.2) is 11.6 Å². The largest absolute Gasteiger partial charge is 0.486 e. The minimum Gasteiger partial charge on any atom is -0.486 e. The number of fused-ring (bicyclic) bond motifs is 1. The van der Waals surface area contributed by atoms with E-state index in [4.69, 9.17) is 9.47 Å². The van der Waals surface area contributed by atoms with Crippen molar-refractivity contribution in [1.82, 2.24) is 0 Å². The second-order valence-corrected chi connectivity index (χ2v) is 4.89. The molecule has 1 atom stereocenters. The van der Waals surface area contributed by atoms with Crippen molar-refractivity contribution in [2.24, 2.45) is 0 Å². The number of rotatable bonds is 4. The molecule has 21 heavy (non-hydrogen) atoms. The van der Waals surface area contributed by atoms with Gasteiger partial charge in [0.25, 0.3) is 0 Å². The maximum Gasteiger partial charge on any atom is 0.165 e. The van der Waals surface area contributed by atoms with Crippen LogP contribution in [0.5, 0.6) is 11.5 Å². The summed E-state index contributed by atoms with van der Waals surface area (Å²) in [5.74, 6) is -0.176. The van der Waals surface area contributed by atoms with Crippen LogP contribution >= 0.6 is 0 Å². The molecule has 0 aliphatic carbocycles. The molecule has 0 radical (unpaired) electrons. The molecule has 0 bridgehead atoms. The van der Waals surface area contributed by atoms with Crippen molar-refractivity contribution in [2.45, 2.75) is 19.1 Å². The lowest BCUT2D eigenvalue weighted by Gasteiger charge is -2.15. The lowest BCUT2D eigenvalue weighted by molar-refractivity contribution is 0.142. The number of hydrogen-bond acceptors (Lipinski definition) is 3. The summed E-state index contributed by atoms with van der Waals surface area (Å²) in [6.07, 6.45) is 0.212. The number of aliphatic hydroxyl groups is 1. The maximum atomic E-state index is 13.7. The molecule has 0 saturated heterocycles. The van der Waals surface area contributed by atoms with Crippen molar-refractivity contribution < 1.29 is 23.4 Å². The standard InChI is InChI=1S/C16H14F2O3/c17-12-4-5-15-11(6-12)7-13(21-15)9-20-16-10(8-19)2-1-3-14(16)18/h1-6,13,19H,7-9H2. The first-order valence-corrected chi connectivity index (χ1v) is 6.63. The Kier molecular flexibility index (Phi) is 3.75. The molecule has 0 saturated carbocycles. The Morgan fingerprint density at radius 2 is 2.10 bits per heavy atom. The van der Waals surface area contributed by atoms with Crippen molar-refractivity contribution >= 4 is 0 Å². The smallest absolute Gasteiger partial charge is 0.165 e. The molecule has 2 aromatic rings. The Morgan fingerprint density at radius 3 is 2.90 bits per heavy atom. The third-order valence-electron chi connectivity index (χ3n) is 3.40. The Bertz CT molecular complexity index is 658. The number of halogens is 2. The molecule has 0 amide bonds. The molecular formula is C16H14F2O3. The predicted molar refractivity (Wildman–Crippen MR) is 72.3 cm³/mol. The molecule has 3 nitrogen and oxygen atoms in total. The summed E-state index contributed by atoms with van der Waals surface area (Å²) in [4.78, 5) is 0. The van der Waals surface area contributed by atoms with Crippen molar-refractivity contribution in [3.05, 3.63) is 59.2 Å². The molecule has 1 unspecified atom stereocenters. The molecule has 0 spiro atoms. The van der Waals surface area contributed by atoms with Gasteiger partial charge in [-0.2, -0.15) is 0 Å². The highest BCUT2D eigenvalue weighted by Gasteiger charge is 2.24. The monoisotopic (exact) mass is 292 g/mol. The van der Waals surface area contributed by atoms with Crippen LogP contribution in [0.15, 0.2) is 36.4 Å². The average molecular weight is 292 g/mol. The molecule has 1 aliphatic rings. The zero-order valence-corrected chi connectivity index (χ0v) is 11.2. The van der Waals surface area contributed by atoms with E-state index >= 15 is 0 Å². The van der Waals surface area contributed by atoms with Crippen LogP contribution in [0.1, 0.15) is 11.1 Å². The van der Waals surface area contributed by atoms with Gasteiger partial charge in [0, 0.05) is 17.5 Å². The summed E-state index contributed by atoms with van der Waals surface area (Å²) >= 11 is 0. The minimum atomic E-state index is -0.525. The van der Waals surface area contributed by atoms with E-state index < -0.39 is 5.82 Å². The summed E-state index contributed by atoms with van der Waals surface area (Å²) in [5, 5.41) is 9.19. The quantitative estimate of drug-likeness (QED) is 0.941. The van der Waals surface area contributed by atoms with Crippen molar-refractivity contribution in [3.8, 4) is 11.5 Å². The van der Waals surface area contributed by atoms with Crippen LogP contribution in [0.2, 0.25) is 0 Å². The van der Waals surface area contributed by atoms with Crippen LogP contribution < -0.4 is 9.47 Å². The zero-order valence-electron chi connectivity index (χ0n) is 11.2. The van der Waals surface area contributed by atoms with Crippen LogP contribution in [0.3, 0.4) is 0 Å². The van der Waals surface area contributed by atoms with E-state index in [1.54, 1.807) is 12.1 Å². The number of hydrogen-bond donors (Lipinski definition) is 1. The molecule has 5 heteroatoms. The molecule has 1 aliphatic heterocycles. The van der Waals surface area contributed by atoms with E-state index in [-0.39, 0.29) is 30.9 Å². The molecule has 1 N–H and O–H groups in total. The summed E-state index contributed by atoms with van der Waals surface area (Å²) < 4.78 is 37.9. The van der Waals surface area contributed by atoms with E-state index in [9.17, 15) is 13.9 Å². The fourth-order valence-electron chi connectivity index (χ4n) is 2.40. The highest BCUT2D eigenvalue weighted by molar-refractivity contribution is 5.38. The maximum absolute atomic E-state index is 13.7. The van der Waals surface area contributed by atoms with Crippen LogP contribution in [0, 0.1) is 11.6 Å². The fraction of sp³-hybridized carbons (Fsp3) is 0.250. The van der Waals surface area contributed by atoms with Gasteiger partial charge in [0.2, 0.25) is 0 Å². The normalized spacial score (nSPS) is 16.4. The molecule has 1 heterocycles. The fourth-order valence-corrected chi connectivity index (χ4v) is 2.40. The van der Waals surface area contributed by atoms with Gasteiger partial charge >= 0.3 is 0 Å². The molecular weight excluding hydrogens is 278 g/mol. The highest BCUT2D eigenvalue weighted by atomic mass is 19.1. The molecule has 0 fully saturated rings. The van der Waals surface area contributed by atoms with Crippen LogP contribution in [-0.4, -0.2) is 17.8 Å². The molecule has 0 aromatic heterocycles. The van der Waals surface area contributed by atoms with Crippen molar-refractivity contribution in [2.75, 3.05) is 6.61 Å². The predicted octanol–water partition coefficient (Wildman–Crippen LogP) is 2.84. The van der Waals surface area contributed by atoms with Gasteiger partial charge in [-0.3, -0.25) is 0 Å². The van der Waals surface area contributed by atoms with Gasteiger partial charge in [0.05, 0.1) is 6.61 Å². The minimum absolute atomic E-state index is 0.0331. The molecule has 3 rings (SSSR count). The van der Waals surface area contributed by atoms with Gasteiger partial charge in [0.1, 0.15) is 24.3 Å². The first-order chi connectivity index (χ1) is 10.2. The van der Waals surface area contributed by atoms with Crippen LogP contribution in [-0.2, 0) is 13.0 Å². The Morgan fingerprint density at radius 1 is 1.24 bits per heavy atom. The lowest BCUT2D eigenvalue weighted by atomic mass is 10.1.